The molecule has 5 rings (SSSR count). The maximum Gasteiger partial charge on any atom is 0.283 e. The number of nitrogens with zero attached hydrogens (tertiary/aromatic N) is 2. The molecule has 0 unspecified atom stereocenters. The van der Waals surface area contributed by atoms with Gasteiger partial charge in [0.2, 0.25) is 0 Å². The molecule has 0 amide bonds. The Hall–Kier alpha value is -2.89. The predicted molar refractivity (Wildman–Crippen MR) is 147 cm³/mol. The van der Waals surface area contributed by atoms with Crippen LogP contribution in [0, 0.1) is 11.6 Å². The Kier molecular flexibility index (Phi) is 8.26. The van der Waals surface area contributed by atoms with Crippen molar-refractivity contribution in [3.05, 3.63) is 58.8 Å². The van der Waals surface area contributed by atoms with E-state index in [-0.39, 0.29) is 24.0 Å². The Labute approximate surface area is 230 Å². The summed E-state index contributed by atoms with van der Waals surface area (Å²) in [4.78, 5) is 6.70. The summed E-state index contributed by atoms with van der Waals surface area (Å²) < 4.78 is 73.2. The number of aromatic amines is 1. The lowest BCUT2D eigenvalue weighted by Gasteiger charge is -2.42. The molecule has 2 aromatic carbocycles. The number of aromatic nitrogens is 1. The smallest absolute Gasteiger partial charge is 0.283 e. The average molecular weight is 566 g/mol. The summed E-state index contributed by atoms with van der Waals surface area (Å²) in [6.07, 6.45) is 0.842. The van der Waals surface area contributed by atoms with Gasteiger partial charge in [-0.15, -0.1) is 0 Å². The van der Waals surface area contributed by atoms with Crippen molar-refractivity contribution in [2.45, 2.75) is 50.7 Å². The van der Waals surface area contributed by atoms with Gasteiger partial charge in [0.25, 0.3) is 5.92 Å². The van der Waals surface area contributed by atoms with Gasteiger partial charge in [0.1, 0.15) is 18.2 Å². The second kappa shape index (κ2) is 11.5. The first-order valence-electron chi connectivity index (χ1n) is 13.8. The fourth-order valence-electron chi connectivity index (χ4n) is 6.03. The van der Waals surface area contributed by atoms with Gasteiger partial charge in [0.05, 0.1) is 25.3 Å². The largest absolute Gasteiger partial charge is 0.390 e. The number of benzene rings is 2. The van der Waals surface area contributed by atoms with E-state index in [1.54, 1.807) is 6.92 Å². The van der Waals surface area contributed by atoms with Crippen LogP contribution in [-0.2, 0) is 6.42 Å². The van der Waals surface area contributed by atoms with E-state index in [0.29, 0.717) is 44.7 Å². The summed E-state index contributed by atoms with van der Waals surface area (Å²) in [5.74, 6) is -5.14. The van der Waals surface area contributed by atoms with Crippen molar-refractivity contribution < 1.29 is 27.1 Å². The highest BCUT2D eigenvalue weighted by molar-refractivity contribution is 5.88. The number of rotatable bonds is 11. The number of alkyl halides is 3. The summed E-state index contributed by atoms with van der Waals surface area (Å²) >= 11 is 0. The van der Waals surface area contributed by atoms with E-state index >= 15 is 8.78 Å². The number of nitrogens with one attached hydrogen (secondary N) is 3. The van der Waals surface area contributed by atoms with Gasteiger partial charge < -0.3 is 20.7 Å². The maximum atomic E-state index is 15.8. The molecule has 0 radical (unpaired) electrons. The first-order valence-corrected chi connectivity index (χ1v) is 13.8. The third kappa shape index (κ3) is 5.64. The maximum absolute atomic E-state index is 15.8. The second-order valence-electron chi connectivity index (χ2n) is 10.9. The van der Waals surface area contributed by atoms with Gasteiger partial charge in [-0.05, 0) is 62.6 Å². The number of fused-ring (bicyclic) bond motifs is 3. The standard InChI is InChI=1S/C29H36F5N5O/c1-3-35-18-5-6-25-21(10-18)22-9-17(2)39(15-29(33,34)16-40)28(27(22)37-25)26-23(31)11-19(12-24(26)32)36-20-13-38(14-20)8-4-7-30/h5-6,10-12,17,20,28,35-37,40H,3-4,7-9,13-16H2,1-2H3/t17-,28-/m1/s1. The molecule has 0 bridgehead atoms. The fourth-order valence-corrected chi connectivity index (χ4v) is 6.03. The van der Waals surface area contributed by atoms with Gasteiger partial charge in [-0.1, -0.05) is 0 Å². The van der Waals surface area contributed by atoms with Gasteiger partial charge in [-0.25, -0.2) is 17.6 Å². The Morgan fingerprint density at radius 1 is 1.10 bits per heavy atom. The van der Waals surface area contributed by atoms with Crippen LogP contribution in [0.3, 0.4) is 0 Å². The molecule has 6 nitrogen and oxygen atoms in total. The number of aliphatic hydroxyl groups excluding tert-OH is 1. The van der Waals surface area contributed by atoms with Gasteiger partial charge in [0, 0.05) is 65.8 Å². The zero-order valence-electron chi connectivity index (χ0n) is 22.7. The van der Waals surface area contributed by atoms with Gasteiger partial charge in [0.15, 0.2) is 0 Å². The van der Waals surface area contributed by atoms with E-state index in [1.807, 2.05) is 25.1 Å². The van der Waals surface area contributed by atoms with Crippen molar-refractivity contribution >= 4 is 22.3 Å². The molecule has 1 saturated heterocycles. The molecule has 0 saturated carbocycles. The highest BCUT2D eigenvalue weighted by atomic mass is 19.3. The molecular formula is C29H36F5N5O. The van der Waals surface area contributed by atoms with E-state index in [1.165, 1.54) is 17.0 Å². The van der Waals surface area contributed by atoms with Crippen LogP contribution in [0.4, 0.5) is 33.3 Å². The zero-order valence-corrected chi connectivity index (χ0v) is 22.7. The van der Waals surface area contributed by atoms with Gasteiger partial charge in [-0.3, -0.25) is 14.2 Å². The lowest BCUT2D eigenvalue weighted by molar-refractivity contribution is -0.0869. The monoisotopic (exact) mass is 565 g/mol. The van der Waals surface area contributed by atoms with Gasteiger partial charge >= 0.3 is 0 Å². The molecule has 40 heavy (non-hydrogen) atoms. The topological polar surface area (TPSA) is 66.6 Å². The summed E-state index contributed by atoms with van der Waals surface area (Å²) in [5.41, 5.74) is 2.89. The summed E-state index contributed by atoms with van der Waals surface area (Å²) in [6.45, 7) is 3.75. The van der Waals surface area contributed by atoms with Crippen LogP contribution < -0.4 is 10.6 Å². The van der Waals surface area contributed by atoms with Crippen molar-refractivity contribution in [1.29, 1.82) is 0 Å². The van der Waals surface area contributed by atoms with Crippen LogP contribution in [0.1, 0.15) is 43.1 Å². The molecule has 11 heteroatoms. The average Bonchev–Trinajstić information content (AvgIpc) is 3.24. The normalized spacial score (nSPS) is 20.5. The molecular weight excluding hydrogens is 529 g/mol. The number of H-pyrrole nitrogens is 1. The summed E-state index contributed by atoms with van der Waals surface area (Å²) in [6, 6.07) is 6.47. The number of anilines is 2. The van der Waals surface area contributed by atoms with Crippen LogP contribution >= 0.6 is 0 Å². The minimum absolute atomic E-state index is 0.0232. The molecule has 2 atom stereocenters. The summed E-state index contributed by atoms with van der Waals surface area (Å²) in [5, 5.41) is 16.6. The number of halogens is 5. The Morgan fingerprint density at radius 2 is 1.82 bits per heavy atom. The molecule has 2 aliphatic rings. The highest BCUT2D eigenvalue weighted by Gasteiger charge is 2.43. The highest BCUT2D eigenvalue weighted by Crippen LogP contribution is 2.44. The molecule has 4 N–H and O–H groups in total. The number of hydrogen-bond donors (Lipinski definition) is 4. The minimum atomic E-state index is -3.46. The molecule has 3 aromatic rings. The lowest BCUT2D eigenvalue weighted by atomic mass is 9.87. The van der Waals surface area contributed by atoms with Crippen LogP contribution in [0.5, 0.6) is 0 Å². The fraction of sp³-hybridized carbons (Fsp3) is 0.517. The number of hydrogen-bond acceptors (Lipinski definition) is 5. The Bertz CT molecular complexity index is 1320. The number of aliphatic hydroxyl groups is 1. The van der Waals surface area contributed by atoms with Crippen molar-refractivity contribution in [2.75, 3.05) is 56.6 Å². The lowest BCUT2D eigenvalue weighted by Crippen LogP contribution is -2.54. The minimum Gasteiger partial charge on any atom is -0.390 e. The number of likely N-dealkylation sites (tertiary alicyclic amines) is 1. The zero-order chi connectivity index (χ0) is 28.6. The summed E-state index contributed by atoms with van der Waals surface area (Å²) in [7, 11) is 0. The van der Waals surface area contributed by atoms with Crippen LogP contribution in [0.15, 0.2) is 30.3 Å². The van der Waals surface area contributed by atoms with Crippen LogP contribution in [0.2, 0.25) is 0 Å². The predicted octanol–water partition coefficient (Wildman–Crippen LogP) is 5.30. The van der Waals surface area contributed by atoms with Crippen molar-refractivity contribution in [3.63, 3.8) is 0 Å². The van der Waals surface area contributed by atoms with Crippen molar-refractivity contribution in [3.8, 4) is 0 Å². The first kappa shape index (κ1) is 28.6. The molecule has 0 spiro atoms. The molecule has 3 heterocycles. The third-order valence-electron chi connectivity index (χ3n) is 7.92. The molecule has 1 aromatic heterocycles. The Balaban J connectivity index is 1.52. The van der Waals surface area contributed by atoms with E-state index in [4.69, 9.17) is 0 Å². The molecule has 1 fully saturated rings. The van der Waals surface area contributed by atoms with E-state index in [9.17, 15) is 18.3 Å². The van der Waals surface area contributed by atoms with Crippen molar-refractivity contribution in [1.82, 2.24) is 14.8 Å². The quantitative estimate of drug-likeness (QED) is 0.238. The molecule has 2 aliphatic heterocycles. The van der Waals surface area contributed by atoms with E-state index < -0.39 is 42.8 Å². The van der Waals surface area contributed by atoms with E-state index in [0.717, 1.165) is 22.2 Å². The van der Waals surface area contributed by atoms with Gasteiger partial charge in [-0.2, -0.15) is 0 Å². The van der Waals surface area contributed by atoms with Crippen molar-refractivity contribution in [2.24, 2.45) is 0 Å². The van der Waals surface area contributed by atoms with E-state index in [2.05, 4.69) is 20.5 Å². The molecule has 218 valence electrons. The SMILES string of the molecule is CCNc1ccc2[nH]c3c(c2c1)C[C@@H](C)N(CC(F)(F)CO)[C@@H]3c1c(F)cc(NC2CN(CCCF)C2)cc1F. The Morgan fingerprint density at radius 3 is 2.48 bits per heavy atom. The second-order valence-corrected chi connectivity index (χ2v) is 10.9. The third-order valence-corrected chi connectivity index (χ3v) is 7.92. The first-order chi connectivity index (χ1) is 19.1. The van der Waals surface area contributed by atoms with Crippen LogP contribution in [-0.4, -0.2) is 83.9 Å². The molecule has 0 aliphatic carbocycles. The van der Waals surface area contributed by atoms with Crippen LogP contribution in [0.25, 0.3) is 10.9 Å².